The lowest BCUT2D eigenvalue weighted by molar-refractivity contribution is 0.172. The average molecular weight is 271 g/mol. The second-order valence-electron chi connectivity index (χ2n) is 6.07. The third-order valence-electron chi connectivity index (χ3n) is 3.74. The Morgan fingerprint density at radius 3 is 2.80 bits per heavy atom. The largest absolute Gasteiger partial charge is 0.281 e. The van der Waals surface area contributed by atoms with Crippen molar-refractivity contribution in [3.05, 3.63) is 40.8 Å². The molecule has 1 aliphatic rings. The molecule has 1 heterocycles. The van der Waals surface area contributed by atoms with Crippen molar-refractivity contribution in [1.29, 1.82) is 0 Å². The van der Waals surface area contributed by atoms with Crippen molar-refractivity contribution in [2.75, 3.05) is 6.54 Å². The van der Waals surface area contributed by atoms with E-state index in [9.17, 15) is 4.79 Å². The van der Waals surface area contributed by atoms with Gasteiger partial charge in [0.2, 0.25) is 0 Å². The first kappa shape index (κ1) is 13.3. The van der Waals surface area contributed by atoms with Gasteiger partial charge in [-0.25, -0.2) is 4.68 Å². The van der Waals surface area contributed by atoms with Crippen LogP contribution in [0.25, 0.3) is 10.8 Å². The van der Waals surface area contributed by atoms with Crippen molar-refractivity contribution < 1.29 is 0 Å². The smallest absolute Gasteiger partial charge is 0.275 e. The second-order valence-corrected chi connectivity index (χ2v) is 6.07. The molecule has 1 aromatic heterocycles. The number of fused-ring (bicyclic) bond motifs is 1. The second kappa shape index (κ2) is 5.37. The molecule has 0 amide bonds. The van der Waals surface area contributed by atoms with Gasteiger partial charge in [-0.1, -0.05) is 32.0 Å². The number of nitrogens with zero attached hydrogens (tertiary/aromatic N) is 3. The molecule has 0 spiro atoms. The van der Waals surface area contributed by atoms with Gasteiger partial charge >= 0.3 is 0 Å². The zero-order valence-electron chi connectivity index (χ0n) is 12.1. The van der Waals surface area contributed by atoms with Gasteiger partial charge < -0.3 is 0 Å². The minimum atomic E-state index is 0.0116. The van der Waals surface area contributed by atoms with Crippen LogP contribution in [0.15, 0.2) is 35.3 Å². The molecule has 0 bridgehead atoms. The van der Waals surface area contributed by atoms with E-state index in [-0.39, 0.29) is 5.56 Å². The number of rotatable bonds is 5. The van der Waals surface area contributed by atoms with Crippen molar-refractivity contribution in [3.63, 3.8) is 0 Å². The SMILES string of the molecule is CC(C)CN(Cn1ncc2ccccc2c1=O)C1CC1. The van der Waals surface area contributed by atoms with Crippen LogP contribution in [-0.4, -0.2) is 27.3 Å². The zero-order chi connectivity index (χ0) is 14.1. The highest BCUT2D eigenvalue weighted by atomic mass is 16.1. The van der Waals surface area contributed by atoms with Gasteiger partial charge in [-0.05, 0) is 24.8 Å². The van der Waals surface area contributed by atoms with Crippen LogP contribution >= 0.6 is 0 Å². The van der Waals surface area contributed by atoms with Crippen molar-refractivity contribution in [3.8, 4) is 0 Å². The number of benzene rings is 1. The fourth-order valence-corrected chi connectivity index (χ4v) is 2.63. The van der Waals surface area contributed by atoms with Crippen LogP contribution in [0.5, 0.6) is 0 Å². The summed E-state index contributed by atoms with van der Waals surface area (Å²) in [6.45, 7) is 6.05. The molecule has 0 unspecified atom stereocenters. The molecule has 20 heavy (non-hydrogen) atoms. The van der Waals surface area contributed by atoms with Gasteiger partial charge in [-0.15, -0.1) is 0 Å². The summed E-state index contributed by atoms with van der Waals surface area (Å²) in [5.74, 6) is 0.603. The minimum Gasteiger partial charge on any atom is -0.281 e. The van der Waals surface area contributed by atoms with Crippen molar-refractivity contribution in [2.24, 2.45) is 5.92 Å². The highest BCUT2D eigenvalue weighted by Crippen LogP contribution is 2.27. The molecular formula is C16H21N3O. The van der Waals surface area contributed by atoms with E-state index >= 15 is 0 Å². The normalized spacial score (nSPS) is 15.4. The third kappa shape index (κ3) is 2.75. The van der Waals surface area contributed by atoms with Gasteiger partial charge in [-0.3, -0.25) is 9.69 Å². The van der Waals surface area contributed by atoms with Crippen LogP contribution < -0.4 is 5.56 Å². The Kier molecular flexibility index (Phi) is 3.57. The quantitative estimate of drug-likeness (QED) is 0.838. The van der Waals surface area contributed by atoms with Crippen LogP contribution in [0.3, 0.4) is 0 Å². The molecule has 1 saturated carbocycles. The van der Waals surface area contributed by atoms with Crippen molar-refractivity contribution >= 4 is 10.8 Å². The van der Waals surface area contributed by atoms with Crippen LogP contribution in [0, 0.1) is 5.92 Å². The van der Waals surface area contributed by atoms with Gasteiger partial charge in [-0.2, -0.15) is 5.10 Å². The van der Waals surface area contributed by atoms with Crippen LogP contribution in [-0.2, 0) is 6.67 Å². The van der Waals surface area contributed by atoms with Gasteiger partial charge in [0, 0.05) is 18.0 Å². The Bertz CT molecular complexity index is 658. The Balaban J connectivity index is 1.89. The van der Waals surface area contributed by atoms with E-state index in [2.05, 4.69) is 23.8 Å². The van der Waals surface area contributed by atoms with Crippen molar-refractivity contribution in [2.45, 2.75) is 39.4 Å². The number of hydrogen-bond acceptors (Lipinski definition) is 3. The molecular weight excluding hydrogens is 250 g/mol. The first-order valence-corrected chi connectivity index (χ1v) is 7.34. The highest BCUT2D eigenvalue weighted by molar-refractivity contribution is 5.80. The van der Waals surface area contributed by atoms with Crippen LogP contribution in [0.2, 0.25) is 0 Å². The summed E-state index contributed by atoms with van der Waals surface area (Å²) in [5, 5.41) is 5.99. The monoisotopic (exact) mass is 271 g/mol. The van der Waals surface area contributed by atoms with E-state index in [0.29, 0.717) is 18.6 Å². The summed E-state index contributed by atoms with van der Waals surface area (Å²) in [6.07, 6.45) is 4.28. The van der Waals surface area contributed by atoms with Crippen LogP contribution in [0.1, 0.15) is 26.7 Å². The minimum absolute atomic E-state index is 0.0116. The van der Waals surface area contributed by atoms with Gasteiger partial charge in [0.25, 0.3) is 5.56 Å². The fraction of sp³-hybridized carbons (Fsp3) is 0.500. The average Bonchev–Trinajstić information content (AvgIpc) is 3.25. The standard InChI is InChI=1S/C16H21N3O/c1-12(2)10-18(14-7-8-14)11-19-16(20)15-6-4-3-5-13(15)9-17-19/h3-6,9,12,14H,7-8,10-11H2,1-2H3. The topological polar surface area (TPSA) is 38.1 Å². The lowest BCUT2D eigenvalue weighted by Crippen LogP contribution is -2.37. The van der Waals surface area contributed by atoms with Gasteiger partial charge in [0.1, 0.15) is 0 Å². The molecule has 4 nitrogen and oxygen atoms in total. The molecule has 2 aromatic rings. The third-order valence-corrected chi connectivity index (χ3v) is 3.74. The van der Waals surface area contributed by atoms with E-state index in [1.807, 2.05) is 24.3 Å². The molecule has 4 heteroatoms. The lowest BCUT2D eigenvalue weighted by atomic mass is 10.2. The maximum absolute atomic E-state index is 12.5. The highest BCUT2D eigenvalue weighted by Gasteiger charge is 2.29. The predicted octanol–water partition coefficient (Wildman–Crippen LogP) is 2.47. The molecule has 0 atom stereocenters. The summed E-state index contributed by atoms with van der Waals surface area (Å²) in [5.41, 5.74) is 0.0116. The molecule has 1 fully saturated rings. The van der Waals surface area contributed by atoms with E-state index in [0.717, 1.165) is 17.3 Å². The number of hydrogen-bond donors (Lipinski definition) is 0. The predicted molar refractivity (Wildman–Crippen MR) is 80.6 cm³/mol. The van der Waals surface area contributed by atoms with E-state index in [1.165, 1.54) is 12.8 Å². The van der Waals surface area contributed by atoms with E-state index in [4.69, 9.17) is 0 Å². The summed E-state index contributed by atoms with van der Waals surface area (Å²) in [6, 6.07) is 8.28. The Morgan fingerprint density at radius 1 is 1.35 bits per heavy atom. The Morgan fingerprint density at radius 2 is 2.10 bits per heavy atom. The molecule has 0 N–H and O–H groups in total. The Labute approximate surface area is 119 Å². The fourth-order valence-electron chi connectivity index (χ4n) is 2.63. The first-order chi connectivity index (χ1) is 9.65. The molecule has 0 aliphatic heterocycles. The van der Waals surface area contributed by atoms with Gasteiger partial charge in [0.05, 0.1) is 18.3 Å². The summed E-state index contributed by atoms with van der Waals surface area (Å²) in [4.78, 5) is 14.8. The van der Waals surface area contributed by atoms with E-state index < -0.39 is 0 Å². The Hall–Kier alpha value is -1.68. The molecule has 1 aromatic carbocycles. The van der Waals surface area contributed by atoms with Crippen molar-refractivity contribution in [1.82, 2.24) is 14.7 Å². The maximum Gasteiger partial charge on any atom is 0.275 e. The first-order valence-electron chi connectivity index (χ1n) is 7.34. The zero-order valence-corrected chi connectivity index (χ0v) is 12.1. The molecule has 0 saturated heterocycles. The van der Waals surface area contributed by atoms with Crippen LogP contribution in [0.4, 0.5) is 0 Å². The number of aromatic nitrogens is 2. The molecule has 3 rings (SSSR count). The van der Waals surface area contributed by atoms with Gasteiger partial charge in [0.15, 0.2) is 0 Å². The summed E-state index contributed by atoms with van der Waals surface area (Å²) < 4.78 is 1.60. The lowest BCUT2D eigenvalue weighted by Gasteiger charge is -2.24. The summed E-state index contributed by atoms with van der Waals surface area (Å²) in [7, 11) is 0. The molecule has 0 radical (unpaired) electrons. The maximum atomic E-state index is 12.5. The van der Waals surface area contributed by atoms with E-state index in [1.54, 1.807) is 10.9 Å². The molecule has 106 valence electrons. The summed E-state index contributed by atoms with van der Waals surface area (Å²) >= 11 is 0. The molecule has 1 aliphatic carbocycles.